The van der Waals surface area contributed by atoms with Crippen LogP contribution in [0.15, 0.2) is 42.5 Å². The van der Waals surface area contributed by atoms with Crippen molar-refractivity contribution in [2.75, 3.05) is 17.7 Å². The SMILES string of the molecule is CCOC(=O)Nc1cccc(-c2c(N)c3ccc(OC(C)C)cc3n2CC)c1. The number of hydrogen-bond donors (Lipinski definition) is 2. The van der Waals surface area contributed by atoms with Gasteiger partial charge in [0.1, 0.15) is 5.75 Å². The van der Waals surface area contributed by atoms with Gasteiger partial charge in [-0.25, -0.2) is 4.79 Å². The van der Waals surface area contributed by atoms with Crippen LogP contribution in [-0.4, -0.2) is 23.4 Å². The minimum Gasteiger partial charge on any atom is -0.491 e. The van der Waals surface area contributed by atoms with E-state index in [9.17, 15) is 4.79 Å². The minimum absolute atomic E-state index is 0.102. The van der Waals surface area contributed by atoms with E-state index >= 15 is 0 Å². The minimum atomic E-state index is -0.473. The van der Waals surface area contributed by atoms with Gasteiger partial charge in [-0.15, -0.1) is 0 Å². The normalized spacial score (nSPS) is 11.0. The number of carbonyl (C=O) groups is 1. The van der Waals surface area contributed by atoms with Gasteiger partial charge in [-0.1, -0.05) is 12.1 Å². The van der Waals surface area contributed by atoms with Gasteiger partial charge in [0.15, 0.2) is 0 Å². The maximum atomic E-state index is 11.7. The van der Waals surface area contributed by atoms with Crippen molar-refractivity contribution < 1.29 is 14.3 Å². The van der Waals surface area contributed by atoms with Gasteiger partial charge >= 0.3 is 6.09 Å². The van der Waals surface area contributed by atoms with Crippen LogP contribution in [0.4, 0.5) is 16.2 Å². The lowest BCUT2D eigenvalue weighted by atomic mass is 10.1. The highest BCUT2D eigenvalue weighted by molar-refractivity contribution is 6.02. The zero-order valence-electron chi connectivity index (χ0n) is 16.8. The van der Waals surface area contributed by atoms with E-state index in [1.54, 1.807) is 6.92 Å². The Morgan fingerprint density at radius 3 is 2.64 bits per heavy atom. The number of rotatable bonds is 6. The third kappa shape index (κ3) is 3.91. The molecular weight excluding hydrogens is 354 g/mol. The number of fused-ring (bicyclic) bond motifs is 1. The first-order chi connectivity index (χ1) is 13.4. The van der Waals surface area contributed by atoms with Crippen LogP contribution in [0.2, 0.25) is 0 Å². The summed E-state index contributed by atoms with van der Waals surface area (Å²) < 4.78 is 13.0. The average molecular weight is 381 g/mol. The predicted octanol–water partition coefficient (Wildman–Crippen LogP) is 5.27. The summed E-state index contributed by atoms with van der Waals surface area (Å²) in [6, 6.07) is 13.6. The highest BCUT2D eigenvalue weighted by atomic mass is 16.5. The van der Waals surface area contributed by atoms with E-state index in [2.05, 4.69) is 16.8 Å². The lowest BCUT2D eigenvalue weighted by molar-refractivity contribution is 0.168. The van der Waals surface area contributed by atoms with E-state index in [0.717, 1.165) is 34.5 Å². The molecule has 0 unspecified atom stereocenters. The smallest absolute Gasteiger partial charge is 0.411 e. The van der Waals surface area contributed by atoms with E-state index in [-0.39, 0.29) is 6.10 Å². The fraction of sp³-hybridized carbons (Fsp3) is 0.318. The lowest BCUT2D eigenvalue weighted by Gasteiger charge is -2.12. The van der Waals surface area contributed by atoms with Crippen LogP contribution in [0.5, 0.6) is 5.75 Å². The molecule has 1 amide bonds. The first kappa shape index (κ1) is 19.6. The van der Waals surface area contributed by atoms with Gasteiger partial charge in [-0.3, -0.25) is 5.32 Å². The largest absolute Gasteiger partial charge is 0.491 e. The van der Waals surface area contributed by atoms with Gasteiger partial charge in [-0.2, -0.15) is 0 Å². The first-order valence-electron chi connectivity index (χ1n) is 9.57. The number of benzene rings is 2. The highest BCUT2D eigenvalue weighted by Gasteiger charge is 2.17. The van der Waals surface area contributed by atoms with Crippen molar-refractivity contribution in [1.82, 2.24) is 4.57 Å². The van der Waals surface area contributed by atoms with Crippen LogP contribution >= 0.6 is 0 Å². The van der Waals surface area contributed by atoms with Crippen molar-refractivity contribution in [3.05, 3.63) is 42.5 Å². The standard InChI is InChI=1S/C22H27N3O3/c1-5-25-19-13-17(28-14(3)4)10-11-18(19)20(23)21(25)15-8-7-9-16(12-15)24-22(26)27-6-2/h7-14H,5-6,23H2,1-4H3,(H,24,26). The molecule has 3 rings (SSSR count). The molecule has 0 atom stereocenters. The molecular formula is C22H27N3O3. The van der Waals surface area contributed by atoms with Crippen LogP contribution in [0.1, 0.15) is 27.7 Å². The quantitative estimate of drug-likeness (QED) is 0.610. The molecule has 0 aliphatic carbocycles. The topological polar surface area (TPSA) is 78.5 Å². The molecule has 0 fully saturated rings. The summed E-state index contributed by atoms with van der Waals surface area (Å²) in [5, 5.41) is 3.73. The fourth-order valence-corrected chi connectivity index (χ4v) is 3.37. The van der Waals surface area contributed by atoms with Gasteiger partial charge < -0.3 is 19.8 Å². The van der Waals surface area contributed by atoms with Crippen LogP contribution in [-0.2, 0) is 11.3 Å². The molecule has 0 aliphatic rings. The predicted molar refractivity (Wildman–Crippen MR) is 114 cm³/mol. The second-order valence-corrected chi connectivity index (χ2v) is 6.78. The molecule has 3 aromatic rings. The number of ether oxygens (including phenoxy) is 2. The Morgan fingerprint density at radius 1 is 1.18 bits per heavy atom. The third-order valence-corrected chi connectivity index (χ3v) is 4.42. The summed E-state index contributed by atoms with van der Waals surface area (Å²) in [4.78, 5) is 11.7. The number of nitrogens with zero attached hydrogens (tertiary/aromatic N) is 1. The van der Waals surface area contributed by atoms with Gasteiger partial charge in [0.05, 0.1) is 29.6 Å². The van der Waals surface area contributed by atoms with Crippen molar-refractivity contribution in [3.63, 3.8) is 0 Å². The second kappa shape index (κ2) is 8.25. The van der Waals surface area contributed by atoms with Crippen LogP contribution in [0, 0.1) is 0 Å². The number of aromatic nitrogens is 1. The number of nitrogen functional groups attached to an aromatic ring is 1. The Bertz CT molecular complexity index is 992. The Morgan fingerprint density at radius 2 is 1.96 bits per heavy atom. The van der Waals surface area contributed by atoms with Crippen molar-refractivity contribution in [2.45, 2.75) is 40.3 Å². The number of carbonyl (C=O) groups excluding carboxylic acids is 1. The molecule has 0 saturated heterocycles. The number of aryl methyl sites for hydroxylation is 1. The zero-order chi connectivity index (χ0) is 20.3. The lowest BCUT2D eigenvalue weighted by Crippen LogP contribution is -2.13. The van der Waals surface area contributed by atoms with E-state index in [1.165, 1.54) is 0 Å². The van der Waals surface area contributed by atoms with Crippen molar-refractivity contribution in [1.29, 1.82) is 0 Å². The maximum Gasteiger partial charge on any atom is 0.411 e. The molecule has 0 spiro atoms. The third-order valence-electron chi connectivity index (χ3n) is 4.42. The van der Waals surface area contributed by atoms with Gasteiger partial charge in [0.25, 0.3) is 0 Å². The molecule has 0 saturated carbocycles. The molecule has 6 nitrogen and oxygen atoms in total. The summed E-state index contributed by atoms with van der Waals surface area (Å²) in [6.45, 7) is 8.94. The molecule has 6 heteroatoms. The van der Waals surface area contributed by atoms with Crippen LogP contribution in [0.3, 0.4) is 0 Å². The summed E-state index contributed by atoms with van der Waals surface area (Å²) in [5.74, 6) is 0.818. The van der Waals surface area contributed by atoms with E-state index in [4.69, 9.17) is 15.2 Å². The first-order valence-corrected chi connectivity index (χ1v) is 9.57. The maximum absolute atomic E-state index is 11.7. The van der Waals surface area contributed by atoms with Crippen LogP contribution in [0.25, 0.3) is 22.2 Å². The highest BCUT2D eigenvalue weighted by Crippen LogP contribution is 2.38. The number of hydrogen-bond acceptors (Lipinski definition) is 4. The van der Waals surface area contributed by atoms with Crippen molar-refractivity contribution >= 4 is 28.4 Å². The Labute approximate surface area is 165 Å². The Hall–Kier alpha value is -3.15. The molecule has 1 aromatic heterocycles. The Kier molecular flexibility index (Phi) is 5.78. The summed E-state index contributed by atoms with van der Waals surface area (Å²) in [5.41, 5.74) is 10.8. The molecule has 0 bridgehead atoms. The summed E-state index contributed by atoms with van der Waals surface area (Å²) >= 11 is 0. The number of amides is 1. The molecule has 3 N–H and O–H groups in total. The monoisotopic (exact) mass is 381 g/mol. The van der Waals surface area contributed by atoms with Gasteiger partial charge in [-0.05, 0) is 52.0 Å². The number of nitrogens with one attached hydrogen (secondary N) is 1. The summed E-state index contributed by atoms with van der Waals surface area (Å²) in [7, 11) is 0. The molecule has 0 aliphatic heterocycles. The molecule has 148 valence electrons. The molecule has 0 radical (unpaired) electrons. The Balaban J connectivity index is 2.07. The van der Waals surface area contributed by atoms with Crippen molar-refractivity contribution in [2.24, 2.45) is 0 Å². The van der Waals surface area contributed by atoms with Crippen molar-refractivity contribution in [3.8, 4) is 17.0 Å². The number of nitrogens with two attached hydrogens (primary N) is 1. The van der Waals surface area contributed by atoms with Gasteiger partial charge in [0.2, 0.25) is 0 Å². The molecule has 28 heavy (non-hydrogen) atoms. The second-order valence-electron chi connectivity index (χ2n) is 6.78. The zero-order valence-corrected chi connectivity index (χ0v) is 16.8. The molecule has 2 aromatic carbocycles. The van der Waals surface area contributed by atoms with Crippen LogP contribution < -0.4 is 15.8 Å². The van der Waals surface area contributed by atoms with E-state index in [1.807, 2.05) is 56.3 Å². The average Bonchev–Trinajstić information content (AvgIpc) is 2.93. The number of anilines is 2. The van der Waals surface area contributed by atoms with E-state index < -0.39 is 6.09 Å². The van der Waals surface area contributed by atoms with Gasteiger partial charge in [0, 0.05) is 29.2 Å². The fourth-order valence-electron chi connectivity index (χ4n) is 3.37. The van der Waals surface area contributed by atoms with E-state index in [0.29, 0.717) is 18.0 Å². The molecule has 1 heterocycles. The summed E-state index contributed by atoms with van der Waals surface area (Å²) in [6.07, 6.45) is -0.371.